The molecule has 0 saturated heterocycles. The zero-order valence-corrected chi connectivity index (χ0v) is 16.1. The molecule has 7 nitrogen and oxygen atoms in total. The number of aromatic nitrogens is 2. The number of ketones is 1. The first kappa shape index (κ1) is 18.1. The molecule has 142 valence electrons. The molecule has 0 fully saturated rings. The fourth-order valence-electron chi connectivity index (χ4n) is 2.94. The Labute approximate surface area is 165 Å². The number of fused-ring (bicyclic) bond motifs is 1. The van der Waals surface area contributed by atoms with Gasteiger partial charge in [-0.15, -0.1) is 0 Å². The average molecular weight is 395 g/mol. The highest BCUT2D eigenvalue weighted by Crippen LogP contribution is 2.37. The highest BCUT2D eigenvalue weighted by atomic mass is 32.2. The number of imidazole rings is 1. The first-order chi connectivity index (χ1) is 13.6. The lowest BCUT2D eigenvalue weighted by Gasteiger charge is -2.11. The van der Waals surface area contributed by atoms with E-state index in [-0.39, 0.29) is 18.5 Å². The SMILES string of the molecule is CSc1nccn1-c1ccc(C(=O)Nc2cc3c(cc2C(C)=O)OCO3)cc1. The lowest BCUT2D eigenvalue weighted by Crippen LogP contribution is -2.14. The summed E-state index contributed by atoms with van der Waals surface area (Å²) in [7, 11) is 0. The minimum atomic E-state index is -0.316. The number of carbonyl (C=O) groups is 2. The van der Waals surface area contributed by atoms with Gasteiger partial charge in [-0.1, -0.05) is 11.8 Å². The van der Waals surface area contributed by atoms with Crippen molar-refractivity contribution in [3.05, 3.63) is 59.9 Å². The minimum absolute atomic E-state index is 0.0951. The van der Waals surface area contributed by atoms with Crippen molar-refractivity contribution in [1.29, 1.82) is 0 Å². The second-order valence-electron chi connectivity index (χ2n) is 6.09. The van der Waals surface area contributed by atoms with Crippen LogP contribution in [0.5, 0.6) is 11.5 Å². The van der Waals surface area contributed by atoms with Crippen LogP contribution in [0, 0.1) is 0 Å². The molecule has 0 radical (unpaired) electrons. The van der Waals surface area contributed by atoms with Crippen molar-refractivity contribution in [3.8, 4) is 17.2 Å². The number of benzene rings is 2. The van der Waals surface area contributed by atoms with Crippen molar-refractivity contribution >= 4 is 29.1 Å². The van der Waals surface area contributed by atoms with Crippen LogP contribution in [0.4, 0.5) is 5.69 Å². The summed E-state index contributed by atoms with van der Waals surface area (Å²) in [5, 5.41) is 3.66. The molecule has 2 aromatic carbocycles. The Morgan fingerprint density at radius 1 is 1.14 bits per heavy atom. The van der Waals surface area contributed by atoms with E-state index in [4.69, 9.17) is 9.47 Å². The Kier molecular flexibility index (Phi) is 4.79. The summed E-state index contributed by atoms with van der Waals surface area (Å²) in [5.74, 6) is 0.509. The summed E-state index contributed by atoms with van der Waals surface area (Å²) in [4.78, 5) is 28.9. The maximum absolute atomic E-state index is 12.7. The van der Waals surface area contributed by atoms with Crippen molar-refractivity contribution < 1.29 is 19.1 Å². The maximum Gasteiger partial charge on any atom is 0.255 e. The van der Waals surface area contributed by atoms with Gasteiger partial charge >= 0.3 is 0 Å². The zero-order chi connectivity index (χ0) is 19.7. The third kappa shape index (κ3) is 3.34. The quantitative estimate of drug-likeness (QED) is 0.523. The molecule has 28 heavy (non-hydrogen) atoms. The van der Waals surface area contributed by atoms with Gasteiger partial charge in [0.05, 0.1) is 5.69 Å². The van der Waals surface area contributed by atoms with E-state index < -0.39 is 0 Å². The summed E-state index contributed by atoms with van der Waals surface area (Å²) >= 11 is 1.54. The number of nitrogens with zero attached hydrogens (tertiary/aromatic N) is 2. The highest BCUT2D eigenvalue weighted by Gasteiger charge is 2.20. The number of Topliss-reactive ketones (excluding diaryl/α,β-unsaturated/α-hetero) is 1. The number of hydrogen-bond donors (Lipinski definition) is 1. The number of thioether (sulfide) groups is 1. The largest absolute Gasteiger partial charge is 0.454 e. The van der Waals surface area contributed by atoms with E-state index in [2.05, 4.69) is 10.3 Å². The second-order valence-corrected chi connectivity index (χ2v) is 6.87. The van der Waals surface area contributed by atoms with Crippen molar-refractivity contribution in [2.24, 2.45) is 0 Å². The van der Waals surface area contributed by atoms with Gasteiger partial charge in [0, 0.05) is 35.3 Å². The molecule has 4 rings (SSSR count). The lowest BCUT2D eigenvalue weighted by atomic mass is 10.1. The molecule has 3 aromatic rings. The van der Waals surface area contributed by atoms with Gasteiger partial charge in [0.1, 0.15) is 0 Å². The van der Waals surface area contributed by atoms with Gasteiger partial charge in [-0.2, -0.15) is 0 Å². The highest BCUT2D eigenvalue weighted by molar-refractivity contribution is 7.98. The minimum Gasteiger partial charge on any atom is -0.454 e. The Balaban J connectivity index is 1.58. The molecule has 8 heteroatoms. The molecule has 1 aliphatic rings. The monoisotopic (exact) mass is 395 g/mol. The second kappa shape index (κ2) is 7.40. The molecule has 1 aliphatic heterocycles. The van der Waals surface area contributed by atoms with E-state index in [9.17, 15) is 9.59 Å². The summed E-state index contributed by atoms with van der Waals surface area (Å²) in [6, 6.07) is 10.4. The number of amides is 1. The Morgan fingerprint density at radius 2 is 1.86 bits per heavy atom. The Hall–Kier alpha value is -3.26. The van der Waals surface area contributed by atoms with Crippen molar-refractivity contribution in [1.82, 2.24) is 9.55 Å². The van der Waals surface area contributed by atoms with Gasteiger partial charge in [0.15, 0.2) is 22.4 Å². The number of hydrogen-bond acceptors (Lipinski definition) is 6. The average Bonchev–Trinajstić information content (AvgIpc) is 3.36. The number of ether oxygens (including phenoxy) is 2. The van der Waals surface area contributed by atoms with Crippen LogP contribution in [0.2, 0.25) is 0 Å². The molecule has 1 aromatic heterocycles. The van der Waals surface area contributed by atoms with Crippen molar-refractivity contribution in [3.63, 3.8) is 0 Å². The van der Waals surface area contributed by atoms with E-state index in [1.165, 1.54) is 6.92 Å². The van der Waals surface area contributed by atoms with Crippen LogP contribution >= 0.6 is 11.8 Å². The fraction of sp³-hybridized carbons (Fsp3) is 0.150. The van der Waals surface area contributed by atoms with Gasteiger partial charge in [-0.25, -0.2) is 4.98 Å². The van der Waals surface area contributed by atoms with Gasteiger partial charge < -0.3 is 14.8 Å². The predicted molar refractivity (Wildman–Crippen MR) is 106 cm³/mol. The molecule has 0 saturated carbocycles. The molecule has 0 aliphatic carbocycles. The normalized spacial score (nSPS) is 12.1. The summed E-state index contributed by atoms with van der Waals surface area (Å²) in [5.41, 5.74) is 2.15. The number of rotatable bonds is 5. The van der Waals surface area contributed by atoms with Crippen LogP contribution < -0.4 is 14.8 Å². The third-order valence-corrected chi connectivity index (χ3v) is 5.00. The zero-order valence-electron chi connectivity index (χ0n) is 15.3. The third-order valence-electron chi connectivity index (χ3n) is 4.34. The summed E-state index contributed by atoms with van der Waals surface area (Å²) in [6.45, 7) is 1.54. The van der Waals surface area contributed by atoms with Crippen LogP contribution in [0.15, 0.2) is 53.9 Å². The lowest BCUT2D eigenvalue weighted by molar-refractivity contribution is 0.101. The summed E-state index contributed by atoms with van der Waals surface area (Å²) in [6.07, 6.45) is 5.56. The van der Waals surface area contributed by atoms with Crippen molar-refractivity contribution in [2.45, 2.75) is 12.1 Å². The first-order valence-corrected chi connectivity index (χ1v) is 9.73. The van der Waals surface area contributed by atoms with E-state index in [1.807, 2.05) is 29.2 Å². The molecule has 0 unspecified atom stereocenters. The molecular formula is C20H17N3O4S. The van der Waals surface area contributed by atoms with Crippen LogP contribution in [-0.2, 0) is 0 Å². The molecular weight excluding hydrogens is 378 g/mol. The van der Waals surface area contributed by atoms with E-state index in [1.54, 1.807) is 42.2 Å². The van der Waals surface area contributed by atoms with E-state index in [0.29, 0.717) is 28.3 Å². The molecule has 1 amide bonds. The van der Waals surface area contributed by atoms with Gasteiger partial charge in [-0.05, 0) is 43.5 Å². The van der Waals surface area contributed by atoms with Gasteiger partial charge in [0.2, 0.25) is 6.79 Å². The Bertz CT molecular complexity index is 1060. The Morgan fingerprint density at radius 3 is 2.54 bits per heavy atom. The van der Waals surface area contributed by atoms with Crippen LogP contribution in [-0.4, -0.2) is 34.3 Å². The molecule has 2 heterocycles. The van der Waals surface area contributed by atoms with E-state index in [0.717, 1.165) is 10.8 Å². The van der Waals surface area contributed by atoms with Crippen LogP contribution in [0.25, 0.3) is 5.69 Å². The van der Waals surface area contributed by atoms with Crippen LogP contribution in [0.3, 0.4) is 0 Å². The number of nitrogens with one attached hydrogen (secondary N) is 1. The number of carbonyl (C=O) groups excluding carboxylic acids is 2. The molecule has 0 atom stereocenters. The standard InChI is InChI=1S/C20H17N3O4S/c1-12(24)15-9-17-18(27-11-26-17)10-16(15)22-19(25)13-3-5-14(6-4-13)23-8-7-21-20(23)28-2/h3-10H,11H2,1-2H3,(H,22,25). The maximum atomic E-state index is 12.7. The summed E-state index contributed by atoms with van der Waals surface area (Å²) < 4.78 is 12.6. The van der Waals surface area contributed by atoms with Crippen molar-refractivity contribution in [2.75, 3.05) is 18.4 Å². The number of anilines is 1. The molecule has 0 bridgehead atoms. The molecule has 0 spiro atoms. The topological polar surface area (TPSA) is 82.5 Å². The van der Waals surface area contributed by atoms with Crippen LogP contribution in [0.1, 0.15) is 27.6 Å². The smallest absolute Gasteiger partial charge is 0.255 e. The van der Waals surface area contributed by atoms with Gasteiger partial charge in [0.25, 0.3) is 5.91 Å². The first-order valence-electron chi connectivity index (χ1n) is 8.50. The fourth-order valence-corrected chi connectivity index (χ4v) is 3.47. The van der Waals surface area contributed by atoms with E-state index >= 15 is 0 Å². The van der Waals surface area contributed by atoms with Gasteiger partial charge in [-0.3, -0.25) is 14.2 Å². The molecule has 1 N–H and O–H groups in total. The predicted octanol–water partition coefficient (Wildman–Crippen LogP) is 3.78.